The predicted molar refractivity (Wildman–Crippen MR) is 143 cm³/mol. The first kappa shape index (κ1) is 31.7. The standard InChI is InChI=1S/C30H29F6N3O4/c1-39(42-2)26(40)19-12-24(13-19)37-28(41)38-29(17-18-6-4-3-5-7-18,20-8-10-22(31)11-9-20)21-14-23(32)16-25(15-21)43-30(35,36)27(33)34/h3-11,14-16,19,24,27H,12-13,17H2,1-2H3,(H2,37,38,41)/t19-,24-,29-/m1/s1. The van der Waals surface area contributed by atoms with E-state index in [0.717, 1.165) is 29.3 Å². The molecule has 0 bridgehead atoms. The van der Waals surface area contributed by atoms with Crippen LogP contribution in [0.4, 0.5) is 31.1 Å². The van der Waals surface area contributed by atoms with Gasteiger partial charge in [0.05, 0.1) is 12.6 Å². The van der Waals surface area contributed by atoms with Crippen molar-refractivity contribution in [1.82, 2.24) is 15.7 Å². The molecule has 3 aromatic carbocycles. The molecule has 1 aliphatic rings. The third-order valence-electron chi connectivity index (χ3n) is 7.25. The summed E-state index contributed by atoms with van der Waals surface area (Å²) in [4.78, 5) is 30.7. The maximum Gasteiger partial charge on any atom is 0.461 e. The Bertz CT molecular complexity index is 1420. The highest BCUT2D eigenvalue weighted by Gasteiger charge is 2.45. The zero-order chi connectivity index (χ0) is 31.4. The summed E-state index contributed by atoms with van der Waals surface area (Å²) in [6.45, 7) is 0. The summed E-state index contributed by atoms with van der Waals surface area (Å²) in [6.07, 6.45) is -8.60. The van der Waals surface area contributed by atoms with Crippen LogP contribution in [-0.2, 0) is 21.6 Å². The molecule has 4 rings (SSSR count). The van der Waals surface area contributed by atoms with E-state index in [1.54, 1.807) is 30.3 Å². The van der Waals surface area contributed by atoms with E-state index in [-0.39, 0.29) is 29.4 Å². The molecule has 0 spiro atoms. The summed E-state index contributed by atoms with van der Waals surface area (Å²) < 4.78 is 86.5. The van der Waals surface area contributed by atoms with E-state index in [4.69, 9.17) is 4.84 Å². The number of urea groups is 1. The lowest BCUT2D eigenvalue weighted by Gasteiger charge is -2.40. The molecule has 1 atom stereocenters. The van der Waals surface area contributed by atoms with Crippen LogP contribution in [0, 0.1) is 17.6 Å². The van der Waals surface area contributed by atoms with Crippen molar-refractivity contribution in [1.29, 1.82) is 0 Å². The zero-order valence-electron chi connectivity index (χ0n) is 23.1. The lowest BCUT2D eigenvalue weighted by Crippen LogP contribution is -2.57. The molecule has 1 fully saturated rings. The summed E-state index contributed by atoms with van der Waals surface area (Å²) in [6, 6.07) is 14.6. The number of nitrogens with one attached hydrogen (secondary N) is 2. The number of amides is 3. The third kappa shape index (κ3) is 7.39. The second-order valence-electron chi connectivity index (χ2n) is 10.2. The van der Waals surface area contributed by atoms with E-state index in [2.05, 4.69) is 15.4 Å². The first-order chi connectivity index (χ1) is 20.3. The van der Waals surface area contributed by atoms with E-state index < -0.39 is 47.5 Å². The molecule has 1 aliphatic carbocycles. The van der Waals surface area contributed by atoms with Gasteiger partial charge in [-0.1, -0.05) is 42.5 Å². The van der Waals surface area contributed by atoms with Crippen LogP contribution in [0.5, 0.6) is 5.75 Å². The number of alkyl halides is 4. The highest BCUT2D eigenvalue weighted by Crippen LogP contribution is 2.38. The highest BCUT2D eigenvalue weighted by atomic mass is 19.3. The van der Waals surface area contributed by atoms with Gasteiger partial charge in [-0.05, 0) is 53.8 Å². The largest absolute Gasteiger partial charge is 0.461 e. The van der Waals surface area contributed by atoms with Crippen LogP contribution in [0.1, 0.15) is 29.5 Å². The van der Waals surface area contributed by atoms with Crippen molar-refractivity contribution < 1.29 is 45.5 Å². The van der Waals surface area contributed by atoms with Crippen molar-refractivity contribution in [2.24, 2.45) is 5.92 Å². The number of rotatable bonds is 11. The third-order valence-corrected chi connectivity index (χ3v) is 7.25. The Hall–Kier alpha value is -4.26. The topological polar surface area (TPSA) is 79.9 Å². The maximum absolute atomic E-state index is 14.9. The molecule has 43 heavy (non-hydrogen) atoms. The van der Waals surface area contributed by atoms with Crippen LogP contribution >= 0.6 is 0 Å². The number of halogens is 6. The molecular formula is C30H29F6N3O4. The van der Waals surface area contributed by atoms with Crippen LogP contribution in [-0.4, -0.2) is 49.7 Å². The molecule has 13 heteroatoms. The fourth-order valence-corrected chi connectivity index (χ4v) is 4.97. The fraction of sp³-hybridized carbons (Fsp3) is 0.333. The average Bonchev–Trinajstić information content (AvgIpc) is 2.93. The van der Waals surface area contributed by atoms with Crippen molar-refractivity contribution in [3.05, 3.63) is 101 Å². The van der Waals surface area contributed by atoms with E-state index in [0.29, 0.717) is 24.5 Å². The van der Waals surface area contributed by atoms with Crippen LogP contribution in [0.15, 0.2) is 72.8 Å². The Morgan fingerprint density at radius 2 is 1.60 bits per heavy atom. The summed E-state index contributed by atoms with van der Waals surface area (Å²) in [7, 11) is 2.81. The van der Waals surface area contributed by atoms with Gasteiger partial charge in [0.1, 0.15) is 17.4 Å². The second kappa shape index (κ2) is 12.9. The van der Waals surface area contributed by atoms with Gasteiger partial charge in [-0.2, -0.15) is 17.6 Å². The van der Waals surface area contributed by atoms with Crippen LogP contribution in [0.25, 0.3) is 0 Å². The molecule has 0 heterocycles. The lowest BCUT2D eigenvalue weighted by molar-refractivity contribution is -0.253. The summed E-state index contributed by atoms with van der Waals surface area (Å²) in [5, 5.41) is 6.64. The molecule has 0 saturated heterocycles. The molecule has 0 radical (unpaired) electrons. The SMILES string of the molecule is CON(C)C(=O)[C@H]1C[C@H](NC(=O)N[C@](Cc2ccccc2)(c2ccc(F)cc2)c2cc(F)cc(OC(F)(F)C(F)F)c2)C1. The number of carbonyl (C=O) groups is 2. The van der Waals surface area contributed by atoms with E-state index in [1.807, 2.05) is 0 Å². The molecule has 0 aliphatic heterocycles. The lowest BCUT2D eigenvalue weighted by atomic mass is 9.77. The first-order valence-corrected chi connectivity index (χ1v) is 13.2. The Balaban J connectivity index is 1.74. The predicted octanol–water partition coefficient (Wildman–Crippen LogP) is 5.79. The summed E-state index contributed by atoms with van der Waals surface area (Å²) >= 11 is 0. The van der Waals surface area contributed by atoms with Gasteiger partial charge in [0.25, 0.3) is 0 Å². The number of carbonyl (C=O) groups excluding carboxylic acids is 2. The molecular weight excluding hydrogens is 580 g/mol. The minimum absolute atomic E-state index is 0.0918. The fourth-order valence-electron chi connectivity index (χ4n) is 4.97. The molecule has 1 saturated carbocycles. The van der Waals surface area contributed by atoms with Crippen molar-refractivity contribution in [2.45, 2.75) is 43.4 Å². The maximum atomic E-state index is 14.9. The van der Waals surface area contributed by atoms with Gasteiger partial charge in [-0.3, -0.25) is 9.63 Å². The van der Waals surface area contributed by atoms with Gasteiger partial charge in [0.2, 0.25) is 5.91 Å². The van der Waals surface area contributed by atoms with Gasteiger partial charge in [0.15, 0.2) is 0 Å². The number of benzene rings is 3. The van der Waals surface area contributed by atoms with Gasteiger partial charge < -0.3 is 15.4 Å². The Morgan fingerprint density at radius 3 is 2.21 bits per heavy atom. The number of nitrogens with zero attached hydrogens (tertiary/aromatic N) is 1. The quantitative estimate of drug-likeness (QED) is 0.213. The zero-order valence-corrected chi connectivity index (χ0v) is 23.1. The van der Waals surface area contributed by atoms with Crippen molar-refractivity contribution >= 4 is 11.9 Å². The molecule has 230 valence electrons. The second-order valence-corrected chi connectivity index (χ2v) is 10.2. The Labute approximate surface area is 243 Å². The number of ether oxygens (including phenoxy) is 1. The monoisotopic (exact) mass is 609 g/mol. The minimum atomic E-state index is -4.93. The van der Waals surface area contributed by atoms with E-state index in [9.17, 15) is 35.9 Å². The number of hydrogen-bond acceptors (Lipinski definition) is 4. The highest BCUT2D eigenvalue weighted by molar-refractivity contribution is 5.80. The van der Waals surface area contributed by atoms with Crippen LogP contribution in [0.2, 0.25) is 0 Å². The Kier molecular flexibility index (Phi) is 9.53. The summed E-state index contributed by atoms with van der Waals surface area (Å²) in [5.74, 6) is -3.29. The van der Waals surface area contributed by atoms with Gasteiger partial charge in [0, 0.05) is 31.5 Å². The molecule has 3 amide bonds. The van der Waals surface area contributed by atoms with Crippen molar-refractivity contribution in [2.75, 3.05) is 14.2 Å². The molecule has 3 aromatic rings. The van der Waals surface area contributed by atoms with Crippen LogP contribution in [0.3, 0.4) is 0 Å². The van der Waals surface area contributed by atoms with E-state index >= 15 is 0 Å². The van der Waals surface area contributed by atoms with Crippen molar-refractivity contribution in [3.63, 3.8) is 0 Å². The van der Waals surface area contributed by atoms with Crippen molar-refractivity contribution in [3.8, 4) is 5.75 Å². The normalized spacial score (nSPS) is 17.9. The molecule has 0 aromatic heterocycles. The Morgan fingerprint density at radius 1 is 0.953 bits per heavy atom. The average molecular weight is 610 g/mol. The van der Waals surface area contributed by atoms with Gasteiger partial charge in [-0.15, -0.1) is 0 Å². The van der Waals surface area contributed by atoms with Gasteiger partial charge in [-0.25, -0.2) is 18.6 Å². The smallest absolute Gasteiger partial charge is 0.428 e. The minimum Gasteiger partial charge on any atom is -0.428 e. The summed E-state index contributed by atoms with van der Waals surface area (Å²) in [5.41, 5.74) is -1.04. The molecule has 7 nitrogen and oxygen atoms in total. The number of hydrogen-bond donors (Lipinski definition) is 2. The van der Waals surface area contributed by atoms with Gasteiger partial charge >= 0.3 is 18.6 Å². The number of hydroxylamine groups is 2. The van der Waals surface area contributed by atoms with E-state index in [1.165, 1.54) is 26.3 Å². The molecule has 0 unspecified atom stereocenters. The van der Waals surface area contributed by atoms with Crippen LogP contribution < -0.4 is 15.4 Å². The first-order valence-electron chi connectivity index (χ1n) is 13.2. The molecule has 2 N–H and O–H groups in total.